The van der Waals surface area contributed by atoms with Crippen LogP contribution in [-0.4, -0.2) is 20.8 Å². The molecule has 5 heteroatoms. The van der Waals surface area contributed by atoms with Crippen LogP contribution >= 0.6 is 0 Å². The molecule has 0 aliphatic carbocycles. The summed E-state index contributed by atoms with van der Waals surface area (Å²) in [4.78, 5) is 0. The number of fused-ring (bicyclic) bond motifs is 1. The molecular weight excluding hydrogens is 204 g/mol. The summed E-state index contributed by atoms with van der Waals surface area (Å²) in [7, 11) is 0. The van der Waals surface area contributed by atoms with Crippen molar-refractivity contribution < 1.29 is 5.21 Å². The summed E-state index contributed by atoms with van der Waals surface area (Å²) in [5, 5.41) is 17.0. The maximum atomic E-state index is 8.56. The lowest BCUT2D eigenvalue weighted by Crippen LogP contribution is -2.15. The van der Waals surface area contributed by atoms with Gasteiger partial charge in [-0.15, -0.1) is 0 Å². The van der Waals surface area contributed by atoms with Crippen LogP contribution in [-0.2, 0) is 13.0 Å². The Balaban J connectivity index is 2.53. The first kappa shape index (κ1) is 10.5. The van der Waals surface area contributed by atoms with E-state index in [-0.39, 0.29) is 5.84 Å². The Labute approximate surface area is 93.2 Å². The second-order valence-corrected chi connectivity index (χ2v) is 3.55. The van der Waals surface area contributed by atoms with E-state index in [2.05, 4.69) is 10.3 Å². The maximum absolute atomic E-state index is 8.56. The van der Waals surface area contributed by atoms with Crippen LogP contribution in [0.4, 0.5) is 0 Å². The number of benzene rings is 1. The fourth-order valence-electron chi connectivity index (χ4n) is 1.77. The molecule has 0 aliphatic rings. The van der Waals surface area contributed by atoms with Gasteiger partial charge >= 0.3 is 0 Å². The third-order valence-corrected chi connectivity index (χ3v) is 2.51. The average Bonchev–Trinajstić information content (AvgIpc) is 2.68. The summed E-state index contributed by atoms with van der Waals surface area (Å²) in [5.74, 6) is 0.173. The third-order valence-electron chi connectivity index (χ3n) is 2.51. The van der Waals surface area contributed by atoms with Gasteiger partial charge in [-0.05, 0) is 13.0 Å². The van der Waals surface area contributed by atoms with Gasteiger partial charge in [0, 0.05) is 11.9 Å². The average molecular weight is 218 g/mol. The summed E-state index contributed by atoms with van der Waals surface area (Å²) < 4.78 is 1.91. The van der Waals surface area contributed by atoms with E-state index >= 15 is 0 Å². The predicted molar refractivity (Wildman–Crippen MR) is 62.5 cm³/mol. The van der Waals surface area contributed by atoms with E-state index < -0.39 is 0 Å². The van der Waals surface area contributed by atoms with E-state index in [4.69, 9.17) is 10.9 Å². The van der Waals surface area contributed by atoms with Gasteiger partial charge in [0.05, 0.1) is 17.6 Å². The minimum atomic E-state index is 0.173. The molecule has 84 valence electrons. The van der Waals surface area contributed by atoms with Gasteiger partial charge in [0.1, 0.15) is 5.84 Å². The zero-order valence-corrected chi connectivity index (χ0v) is 9.09. The molecule has 5 nitrogen and oxygen atoms in total. The molecule has 16 heavy (non-hydrogen) atoms. The smallest absolute Gasteiger partial charge is 0.145 e. The van der Waals surface area contributed by atoms with Crippen molar-refractivity contribution in [2.24, 2.45) is 10.9 Å². The van der Waals surface area contributed by atoms with Crippen LogP contribution in [0.25, 0.3) is 10.9 Å². The minimum Gasteiger partial charge on any atom is -0.409 e. The van der Waals surface area contributed by atoms with E-state index in [1.807, 2.05) is 35.9 Å². The zero-order chi connectivity index (χ0) is 11.5. The first-order valence-electron chi connectivity index (χ1n) is 5.17. The Morgan fingerprint density at radius 3 is 2.94 bits per heavy atom. The SMILES string of the molecule is CCn1nc(CC(N)=NO)c2ccccc21. The van der Waals surface area contributed by atoms with E-state index in [1.165, 1.54) is 0 Å². The summed E-state index contributed by atoms with van der Waals surface area (Å²) in [6.45, 7) is 2.84. The lowest BCUT2D eigenvalue weighted by molar-refractivity contribution is 0.317. The topological polar surface area (TPSA) is 76.4 Å². The van der Waals surface area contributed by atoms with Crippen LogP contribution in [0.15, 0.2) is 29.4 Å². The number of nitrogens with zero attached hydrogens (tertiary/aromatic N) is 3. The van der Waals surface area contributed by atoms with Gasteiger partial charge in [0.2, 0.25) is 0 Å². The van der Waals surface area contributed by atoms with Crippen LogP contribution in [0.2, 0.25) is 0 Å². The number of aromatic nitrogens is 2. The number of para-hydroxylation sites is 1. The maximum Gasteiger partial charge on any atom is 0.145 e. The molecule has 2 rings (SSSR count). The highest BCUT2D eigenvalue weighted by molar-refractivity contribution is 5.89. The molecule has 3 N–H and O–H groups in total. The molecule has 1 aromatic heterocycles. The van der Waals surface area contributed by atoms with Crippen molar-refractivity contribution in [2.75, 3.05) is 0 Å². The fraction of sp³-hybridized carbons (Fsp3) is 0.273. The summed E-state index contributed by atoms with van der Waals surface area (Å²) in [5.41, 5.74) is 7.41. The van der Waals surface area contributed by atoms with Crippen LogP contribution in [0.1, 0.15) is 12.6 Å². The van der Waals surface area contributed by atoms with E-state index in [9.17, 15) is 0 Å². The van der Waals surface area contributed by atoms with Gasteiger partial charge in [0.25, 0.3) is 0 Å². The normalized spacial score (nSPS) is 12.2. The van der Waals surface area contributed by atoms with Gasteiger partial charge in [-0.2, -0.15) is 5.10 Å². The Bertz CT molecular complexity index is 530. The van der Waals surface area contributed by atoms with Crippen LogP contribution in [0.3, 0.4) is 0 Å². The van der Waals surface area contributed by atoms with Gasteiger partial charge in [0.15, 0.2) is 0 Å². The number of rotatable bonds is 3. The molecule has 0 atom stereocenters. The number of amidine groups is 1. The molecule has 0 radical (unpaired) electrons. The Morgan fingerprint density at radius 2 is 2.25 bits per heavy atom. The van der Waals surface area contributed by atoms with Gasteiger partial charge in [-0.25, -0.2) is 0 Å². The third kappa shape index (κ3) is 1.71. The molecule has 0 fully saturated rings. The Morgan fingerprint density at radius 1 is 1.50 bits per heavy atom. The molecule has 0 bridgehead atoms. The number of aryl methyl sites for hydroxylation is 1. The van der Waals surface area contributed by atoms with Crippen molar-refractivity contribution in [3.05, 3.63) is 30.0 Å². The summed E-state index contributed by atoms with van der Waals surface area (Å²) in [6.07, 6.45) is 0.365. The zero-order valence-electron chi connectivity index (χ0n) is 9.09. The molecule has 0 aliphatic heterocycles. The summed E-state index contributed by atoms with van der Waals surface area (Å²) in [6, 6.07) is 7.94. The first-order valence-corrected chi connectivity index (χ1v) is 5.17. The standard InChI is InChI=1S/C11H14N4O/c1-2-15-10-6-4-3-5-8(10)9(13-15)7-11(12)14-16/h3-6,16H,2,7H2,1H3,(H2,12,14). The van der Waals surface area contributed by atoms with Crippen LogP contribution in [0.5, 0.6) is 0 Å². The number of hydrogen-bond acceptors (Lipinski definition) is 3. The van der Waals surface area contributed by atoms with Crippen molar-refractivity contribution in [3.63, 3.8) is 0 Å². The lowest BCUT2D eigenvalue weighted by Gasteiger charge is -1.95. The predicted octanol–water partition coefficient (Wildman–Crippen LogP) is 1.35. The Kier molecular flexibility index (Phi) is 2.76. The molecular formula is C11H14N4O. The largest absolute Gasteiger partial charge is 0.409 e. The molecule has 2 aromatic rings. The molecule has 1 heterocycles. The van der Waals surface area contributed by atoms with Crippen molar-refractivity contribution in [1.29, 1.82) is 0 Å². The van der Waals surface area contributed by atoms with Crippen LogP contribution in [0, 0.1) is 0 Å². The molecule has 0 spiro atoms. The highest BCUT2D eigenvalue weighted by Gasteiger charge is 2.10. The second-order valence-electron chi connectivity index (χ2n) is 3.55. The molecule has 1 aromatic carbocycles. The van der Waals surface area contributed by atoms with Crippen molar-refractivity contribution in [2.45, 2.75) is 19.9 Å². The number of hydrogen-bond donors (Lipinski definition) is 2. The highest BCUT2D eigenvalue weighted by atomic mass is 16.4. The molecule has 0 saturated heterocycles. The van der Waals surface area contributed by atoms with Gasteiger partial charge < -0.3 is 10.9 Å². The van der Waals surface area contributed by atoms with Crippen molar-refractivity contribution in [1.82, 2.24) is 9.78 Å². The minimum absolute atomic E-state index is 0.173. The number of oxime groups is 1. The Hall–Kier alpha value is -2.04. The van der Waals surface area contributed by atoms with Gasteiger partial charge in [-0.1, -0.05) is 23.4 Å². The van der Waals surface area contributed by atoms with E-state index in [0.717, 1.165) is 23.1 Å². The highest BCUT2D eigenvalue weighted by Crippen LogP contribution is 2.18. The van der Waals surface area contributed by atoms with Crippen LogP contribution < -0.4 is 5.73 Å². The quantitative estimate of drug-likeness (QED) is 0.353. The molecule has 0 saturated carbocycles. The van der Waals surface area contributed by atoms with Crippen molar-refractivity contribution in [3.8, 4) is 0 Å². The summed E-state index contributed by atoms with van der Waals surface area (Å²) >= 11 is 0. The fourth-order valence-corrected chi connectivity index (χ4v) is 1.77. The van der Waals surface area contributed by atoms with E-state index in [1.54, 1.807) is 0 Å². The van der Waals surface area contributed by atoms with E-state index in [0.29, 0.717) is 6.42 Å². The van der Waals surface area contributed by atoms with Gasteiger partial charge in [-0.3, -0.25) is 4.68 Å². The second kappa shape index (κ2) is 4.22. The molecule has 0 unspecified atom stereocenters. The lowest BCUT2D eigenvalue weighted by atomic mass is 10.1. The number of nitrogens with two attached hydrogens (primary N) is 1. The van der Waals surface area contributed by atoms with Crippen molar-refractivity contribution >= 4 is 16.7 Å². The monoisotopic (exact) mass is 218 g/mol. The molecule has 0 amide bonds. The first-order chi connectivity index (χ1) is 7.76.